The third-order valence-corrected chi connectivity index (χ3v) is 9.77. The summed E-state index contributed by atoms with van der Waals surface area (Å²) in [6.07, 6.45) is 6.91. The first-order valence-corrected chi connectivity index (χ1v) is 12.4. The van der Waals surface area contributed by atoms with Crippen LogP contribution in [0, 0.1) is 11.8 Å². The van der Waals surface area contributed by atoms with E-state index in [0.29, 0.717) is 12.5 Å². The molecule has 3 nitrogen and oxygen atoms in total. The third kappa shape index (κ3) is 7.97. The Labute approximate surface area is 151 Å². The van der Waals surface area contributed by atoms with Crippen molar-refractivity contribution in [1.82, 2.24) is 0 Å². The van der Waals surface area contributed by atoms with Gasteiger partial charge in [-0.1, -0.05) is 54.0 Å². The molecule has 0 N–H and O–H groups in total. The fraction of sp³-hybridized carbons (Fsp3) is 0.850. The molecule has 0 fully saturated rings. The number of esters is 1. The number of hydrogen-bond acceptors (Lipinski definition) is 3. The van der Waals surface area contributed by atoms with Crippen molar-refractivity contribution in [2.75, 3.05) is 6.61 Å². The molecule has 3 atom stereocenters. The Bertz CT molecular complexity index is 396. The van der Waals surface area contributed by atoms with Crippen LogP contribution in [0.5, 0.6) is 0 Å². The topological polar surface area (TPSA) is 35.5 Å². The monoisotopic (exact) mass is 356 g/mol. The van der Waals surface area contributed by atoms with Gasteiger partial charge in [-0.3, -0.25) is 0 Å². The Hall–Kier alpha value is -0.613. The summed E-state index contributed by atoms with van der Waals surface area (Å²) in [6, 6.07) is 0. The zero-order chi connectivity index (χ0) is 19.0. The van der Waals surface area contributed by atoms with E-state index in [9.17, 15) is 4.79 Å². The van der Waals surface area contributed by atoms with Crippen molar-refractivity contribution in [1.29, 1.82) is 0 Å². The van der Waals surface area contributed by atoms with Gasteiger partial charge in [0.25, 0.3) is 0 Å². The highest BCUT2D eigenvalue weighted by atomic mass is 28.4. The lowest BCUT2D eigenvalue weighted by Crippen LogP contribution is -2.45. The van der Waals surface area contributed by atoms with Crippen molar-refractivity contribution in [3.8, 4) is 0 Å². The van der Waals surface area contributed by atoms with Crippen LogP contribution in [-0.2, 0) is 14.0 Å². The van der Waals surface area contributed by atoms with Gasteiger partial charge in [0.2, 0.25) is 0 Å². The molecule has 0 aliphatic heterocycles. The van der Waals surface area contributed by atoms with Crippen molar-refractivity contribution in [2.45, 2.75) is 92.0 Å². The number of ether oxygens (including phenoxy) is 1. The molecule has 0 bridgehead atoms. The first-order valence-electron chi connectivity index (χ1n) is 9.51. The van der Waals surface area contributed by atoms with E-state index in [-0.39, 0.29) is 23.0 Å². The maximum atomic E-state index is 11.7. The van der Waals surface area contributed by atoms with Gasteiger partial charge < -0.3 is 9.16 Å². The van der Waals surface area contributed by atoms with Gasteiger partial charge in [-0.15, -0.1) is 0 Å². The molecule has 0 spiro atoms. The molecular weight excluding hydrogens is 316 g/mol. The zero-order valence-electron chi connectivity index (χ0n) is 17.4. The molecule has 4 heteroatoms. The van der Waals surface area contributed by atoms with Gasteiger partial charge >= 0.3 is 5.97 Å². The molecule has 0 aromatic heterocycles. The van der Waals surface area contributed by atoms with E-state index in [4.69, 9.17) is 9.16 Å². The summed E-state index contributed by atoms with van der Waals surface area (Å²) in [6.45, 7) is 20.3. The summed E-state index contributed by atoms with van der Waals surface area (Å²) in [5, 5.41) is 0.187. The summed E-state index contributed by atoms with van der Waals surface area (Å²) in [5.41, 5.74) is 0. The Morgan fingerprint density at radius 3 is 2.12 bits per heavy atom. The molecule has 0 aliphatic carbocycles. The number of hydrogen-bond donors (Lipinski definition) is 0. The molecule has 0 heterocycles. The van der Waals surface area contributed by atoms with Gasteiger partial charge in [-0.25, -0.2) is 4.79 Å². The minimum Gasteiger partial charge on any atom is -0.463 e. The summed E-state index contributed by atoms with van der Waals surface area (Å²) < 4.78 is 11.7. The predicted octanol–water partition coefficient (Wildman–Crippen LogP) is 5.96. The maximum Gasteiger partial charge on any atom is 0.330 e. The predicted molar refractivity (Wildman–Crippen MR) is 106 cm³/mol. The molecule has 0 aliphatic rings. The van der Waals surface area contributed by atoms with E-state index in [0.717, 1.165) is 19.3 Å². The molecule has 0 radical (unpaired) electrons. The Morgan fingerprint density at radius 1 is 1.12 bits per heavy atom. The summed E-state index contributed by atoms with van der Waals surface area (Å²) >= 11 is 0. The van der Waals surface area contributed by atoms with Crippen LogP contribution in [0.4, 0.5) is 0 Å². The quantitative estimate of drug-likeness (QED) is 0.275. The van der Waals surface area contributed by atoms with Crippen LogP contribution >= 0.6 is 0 Å². The second-order valence-corrected chi connectivity index (χ2v) is 13.1. The molecular formula is C20H40O3Si. The second-order valence-electron chi connectivity index (χ2n) is 8.35. The van der Waals surface area contributed by atoms with Crippen molar-refractivity contribution >= 4 is 14.3 Å². The Kier molecular flexibility index (Phi) is 10.1. The van der Waals surface area contributed by atoms with Crippen LogP contribution in [0.2, 0.25) is 18.1 Å². The van der Waals surface area contributed by atoms with Crippen LogP contribution in [-0.4, -0.2) is 27.0 Å². The van der Waals surface area contributed by atoms with Crippen LogP contribution in [0.1, 0.15) is 67.7 Å². The van der Waals surface area contributed by atoms with E-state index in [1.54, 1.807) is 6.08 Å². The van der Waals surface area contributed by atoms with Crippen LogP contribution < -0.4 is 0 Å². The molecule has 0 unspecified atom stereocenters. The van der Waals surface area contributed by atoms with Gasteiger partial charge in [-0.05, 0) is 43.8 Å². The standard InChI is InChI=1S/C20H40O3Si/c1-10-16(4)15-17(13-14-19(21)22-12-3)18(11-2)23-24(8,9)20(5,6)7/h13-14,16-18H,10-12,15H2,1-9H3/b14-13+/t16-,17+,18+/m0/s1. The zero-order valence-corrected chi connectivity index (χ0v) is 18.4. The lowest BCUT2D eigenvalue weighted by molar-refractivity contribution is -0.137. The molecule has 0 aromatic rings. The Balaban J connectivity index is 5.29. The highest BCUT2D eigenvalue weighted by Crippen LogP contribution is 2.39. The van der Waals surface area contributed by atoms with Crippen molar-refractivity contribution < 1.29 is 14.0 Å². The molecule has 0 aromatic carbocycles. The van der Waals surface area contributed by atoms with E-state index in [1.165, 1.54) is 0 Å². The van der Waals surface area contributed by atoms with Gasteiger partial charge in [0, 0.05) is 12.0 Å². The largest absolute Gasteiger partial charge is 0.463 e. The van der Waals surface area contributed by atoms with Crippen LogP contribution in [0.3, 0.4) is 0 Å². The SMILES string of the molecule is CCOC(=O)/C=C/[C@H](C[C@@H](C)CC)[C@@H](CC)O[Si](C)(C)C(C)(C)C. The average Bonchev–Trinajstić information content (AvgIpc) is 2.48. The molecule has 0 saturated heterocycles. The van der Waals surface area contributed by atoms with Gasteiger partial charge in [0.05, 0.1) is 12.7 Å². The van der Waals surface area contributed by atoms with E-state index >= 15 is 0 Å². The average molecular weight is 357 g/mol. The van der Waals surface area contributed by atoms with Crippen LogP contribution in [0.25, 0.3) is 0 Å². The summed E-state index contributed by atoms with van der Waals surface area (Å²) in [4.78, 5) is 11.7. The molecule has 0 saturated carbocycles. The van der Waals surface area contributed by atoms with Crippen LogP contribution in [0.15, 0.2) is 12.2 Å². The fourth-order valence-electron chi connectivity index (χ4n) is 2.41. The number of carbonyl (C=O) groups excluding carboxylic acids is 1. The number of rotatable bonds is 10. The lowest BCUT2D eigenvalue weighted by atomic mass is 9.88. The van der Waals surface area contributed by atoms with E-state index in [1.807, 2.05) is 13.0 Å². The smallest absolute Gasteiger partial charge is 0.330 e. The summed E-state index contributed by atoms with van der Waals surface area (Å²) in [5.74, 6) is 0.608. The minimum atomic E-state index is -1.83. The van der Waals surface area contributed by atoms with Crippen molar-refractivity contribution in [2.24, 2.45) is 11.8 Å². The lowest BCUT2D eigenvalue weighted by Gasteiger charge is -2.41. The molecule has 0 amide bonds. The third-order valence-electron chi connectivity index (χ3n) is 5.27. The molecule has 142 valence electrons. The maximum absolute atomic E-state index is 11.7. The van der Waals surface area contributed by atoms with Crippen molar-refractivity contribution in [3.05, 3.63) is 12.2 Å². The fourth-order valence-corrected chi connectivity index (χ4v) is 3.86. The molecule has 0 rings (SSSR count). The Morgan fingerprint density at radius 2 is 1.71 bits per heavy atom. The first-order chi connectivity index (χ1) is 11.0. The summed E-state index contributed by atoms with van der Waals surface area (Å²) in [7, 11) is -1.83. The minimum absolute atomic E-state index is 0.158. The first kappa shape index (κ1) is 23.4. The number of carbonyl (C=O) groups is 1. The van der Waals surface area contributed by atoms with Gasteiger partial charge in [0.1, 0.15) is 0 Å². The highest BCUT2D eigenvalue weighted by Gasteiger charge is 2.40. The normalized spacial score (nSPS) is 16.9. The molecule has 24 heavy (non-hydrogen) atoms. The van der Waals surface area contributed by atoms with E-state index < -0.39 is 8.32 Å². The van der Waals surface area contributed by atoms with Gasteiger partial charge in [-0.2, -0.15) is 0 Å². The van der Waals surface area contributed by atoms with Gasteiger partial charge in [0.15, 0.2) is 8.32 Å². The van der Waals surface area contributed by atoms with E-state index in [2.05, 4.69) is 54.6 Å². The van der Waals surface area contributed by atoms with Crippen molar-refractivity contribution in [3.63, 3.8) is 0 Å². The highest BCUT2D eigenvalue weighted by molar-refractivity contribution is 6.74. The second kappa shape index (κ2) is 10.4.